The average molecular weight is 389 g/mol. The zero-order valence-corrected chi connectivity index (χ0v) is 15.7. The maximum absolute atomic E-state index is 12.1. The lowest BCUT2D eigenvalue weighted by molar-refractivity contribution is -0.141. The van der Waals surface area contributed by atoms with Gasteiger partial charge < -0.3 is 4.74 Å². The van der Waals surface area contributed by atoms with Crippen LogP contribution in [-0.4, -0.2) is 21.1 Å². The molecule has 26 heavy (non-hydrogen) atoms. The van der Waals surface area contributed by atoms with Gasteiger partial charge in [-0.2, -0.15) is 0 Å². The van der Waals surface area contributed by atoms with Crippen LogP contribution in [0.5, 0.6) is 0 Å². The van der Waals surface area contributed by atoms with E-state index in [-0.39, 0.29) is 23.9 Å². The summed E-state index contributed by atoms with van der Waals surface area (Å²) in [6.07, 6.45) is 1.73. The number of aryl methyl sites for hydroxylation is 1. The molecular weight excluding hydrogens is 372 g/mol. The van der Waals surface area contributed by atoms with Gasteiger partial charge in [-0.05, 0) is 36.2 Å². The molecule has 0 aliphatic heterocycles. The highest BCUT2D eigenvalue weighted by Gasteiger charge is 2.07. The van der Waals surface area contributed by atoms with Gasteiger partial charge >= 0.3 is 5.97 Å². The molecule has 0 aliphatic rings. The highest BCUT2D eigenvalue weighted by molar-refractivity contribution is 7.99. The minimum atomic E-state index is -0.338. The Balaban J connectivity index is 1.52. The molecule has 3 rings (SSSR count). The summed E-state index contributed by atoms with van der Waals surface area (Å²) in [6, 6.07) is 12.5. The Hall–Kier alpha value is -2.31. The number of ether oxygens (including phenoxy) is 1. The fourth-order valence-corrected chi connectivity index (χ4v) is 3.27. The van der Waals surface area contributed by atoms with E-state index in [1.54, 1.807) is 12.3 Å². The van der Waals surface area contributed by atoms with Gasteiger partial charge in [-0.15, -0.1) is 11.8 Å². The quantitative estimate of drug-likeness (QED) is 0.603. The van der Waals surface area contributed by atoms with Gasteiger partial charge in [-0.3, -0.25) is 14.0 Å². The van der Waals surface area contributed by atoms with Crippen molar-refractivity contribution < 1.29 is 9.53 Å². The summed E-state index contributed by atoms with van der Waals surface area (Å²) in [5.41, 5.74) is 2.84. The van der Waals surface area contributed by atoms with Crippen LogP contribution in [0.3, 0.4) is 0 Å². The van der Waals surface area contributed by atoms with E-state index in [1.165, 1.54) is 22.2 Å². The number of benzene rings is 1. The van der Waals surface area contributed by atoms with Gasteiger partial charge in [0, 0.05) is 23.0 Å². The number of thioether (sulfide) groups is 1. The van der Waals surface area contributed by atoms with Crippen LogP contribution in [0.2, 0.25) is 5.02 Å². The summed E-state index contributed by atoms with van der Waals surface area (Å²) >= 11 is 7.30. The maximum atomic E-state index is 12.1. The number of halogens is 1. The standard InChI is InChI=1S/C19H17ClN2O3S/c1-13-2-7-17-21-16(8-18(23)22(17)9-13)10-25-19(24)12-26-11-14-3-5-15(20)6-4-14/h2-9H,10-12H2,1H3. The van der Waals surface area contributed by atoms with Crippen LogP contribution in [-0.2, 0) is 21.9 Å². The Morgan fingerprint density at radius 2 is 2.00 bits per heavy atom. The van der Waals surface area contributed by atoms with Gasteiger partial charge in [0.05, 0.1) is 11.4 Å². The van der Waals surface area contributed by atoms with Gasteiger partial charge in [0.15, 0.2) is 0 Å². The molecule has 5 nitrogen and oxygen atoms in total. The van der Waals surface area contributed by atoms with Crippen molar-refractivity contribution in [3.63, 3.8) is 0 Å². The number of hydrogen-bond donors (Lipinski definition) is 0. The lowest BCUT2D eigenvalue weighted by Crippen LogP contribution is -2.17. The highest BCUT2D eigenvalue weighted by atomic mass is 35.5. The molecule has 0 aliphatic carbocycles. The van der Waals surface area contributed by atoms with Gasteiger partial charge in [0.2, 0.25) is 0 Å². The normalized spacial score (nSPS) is 10.8. The predicted octanol–water partition coefficient (Wildman–Crippen LogP) is 3.63. The van der Waals surface area contributed by atoms with E-state index in [1.807, 2.05) is 37.3 Å². The second kappa shape index (κ2) is 8.38. The molecule has 0 bridgehead atoms. The topological polar surface area (TPSA) is 60.7 Å². The molecule has 0 radical (unpaired) electrons. The first-order chi connectivity index (χ1) is 12.5. The average Bonchev–Trinajstić information content (AvgIpc) is 2.62. The zero-order valence-electron chi connectivity index (χ0n) is 14.1. The van der Waals surface area contributed by atoms with Crippen LogP contribution in [0.15, 0.2) is 53.5 Å². The minimum Gasteiger partial charge on any atom is -0.459 e. The van der Waals surface area contributed by atoms with E-state index in [2.05, 4.69) is 4.98 Å². The first-order valence-corrected chi connectivity index (χ1v) is 9.51. The van der Waals surface area contributed by atoms with E-state index < -0.39 is 0 Å². The molecule has 2 heterocycles. The van der Waals surface area contributed by atoms with Gasteiger partial charge in [-0.25, -0.2) is 4.98 Å². The van der Waals surface area contributed by atoms with Crippen molar-refractivity contribution in [3.05, 3.63) is 80.9 Å². The van der Waals surface area contributed by atoms with Crippen molar-refractivity contribution in [2.24, 2.45) is 0 Å². The van der Waals surface area contributed by atoms with Crippen LogP contribution in [0.4, 0.5) is 0 Å². The number of nitrogens with zero attached hydrogens (tertiary/aromatic N) is 2. The number of carbonyl (C=O) groups is 1. The number of carbonyl (C=O) groups excluding carboxylic acids is 1. The molecule has 3 aromatic rings. The Bertz CT molecular complexity index is 986. The summed E-state index contributed by atoms with van der Waals surface area (Å²) in [5.74, 6) is 0.588. The van der Waals surface area contributed by atoms with Crippen LogP contribution in [0.25, 0.3) is 5.65 Å². The Morgan fingerprint density at radius 1 is 1.23 bits per heavy atom. The number of hydrogen-bond acceptors (Lipinski definition) is 5. The SMILES string of the molecule is Cc1ccc2nc(COC(=O)CSCc3ccc(Cl)cc3)cc(=O)n2c1. The fourth-order valence-electron chi connectivity index (χ4n) is 2.36. The minimum absolute atomic E-state index is 0.0139. The third-order valence-electron chi connectivity index (χ3n) is 3.64. The predicted molar refractivity (Wildman–Crippen MR) is 104 cm³/mol. The monoisotopic (exact) mass is 388 g/mol. The van der Waals surface area contributed by atoms with Gasteiger partial charge in [0.25, 0.3) is 5.56 Å². The Morgan fingerprint density at radius 3 is 2.77 bits per heavy atom. The highest BCUT2D eigenvalue weighted by Crippen LogP contribution is 2.15. The summed E-state index contributed by atoms with van der Waals surface area (Å²) in [6.45, 7) is 1.89. The third-order valence-corrected chi connectivity index (χ3v) is 4.87. The largest absolute Gasteiger partial charge is 0.459 e. The van der Waals surface area contributed by atoms with Crippen LogP contribution < -0.4 is 5.56 Å². The third kappa shape index (κ3) is 4.86. The lowest BCUT2D eigenvalue weighted by atomic mass is 10.2. The van der Waals surface area contributed by atoms with E-state index in [0.29, 0.717) is 22.1 Å². The van der Waals surface area contributed by atoms with E-state index in [0.717, 1.165) is 11.1 Å². The van der Waals surface area contributed by atoms with Crippen molar-refractivity contribution in [3.8, 4) is 0 Å². The Kier molecular flexibility index (Phi) is 5.96. The summed E-state index contributed by atoms with van der Waals surface area (Å²) < 4.78 is 6.70. The molecule has 0 atom stereocenters. The number of esters is 1. The van der Waals surface area contributed by atoms with Crippen LogP contribution >= 0.6 is 23.4 Å². The molecule has 2 aromatic heterocycles. The summed E-state index contributed by atoms with van der Waals surface area (Å²) in [5, 5.41) is 0.687. The molecule has 0 saturated carbocycles. The number of pyridine rings is 1. The molecular formula is C19H17ClN2O3S. The molecule has 0 spiro atoms. The van der Waals surface area contributed by atoms with Crippen molar-refractivity contribution in [2.75, 3.05) is 5.75 Å². The van der Waals surface area contributed by atoms with Crippen molar-refractivity contribution in [2.45, 2.75) is 19.3 Å². The van der Waals surface area contributed by atoms with E-state index in [4.69, 9.17) is 16.3 Å². The molecule has 0 unspecified atom stereocenters. The molecule has 0 saturated heterocycles. The zero-order chi connectivity index (χ0) is 18.5. The number of rotatable bonds is 6. The molecule has 0 N–H and O–H groups in total. The van der Waals surface area contributed by atoms with Gasteiger partial charge in [0.1, 0.15) is 12.3 Å². The van der Waals surface area contributed by atoms with E-state index in [9.17, 15) is 9.59 Å². The maximum Gasteiger partial charge on any atom is 0.316 e. The van der Waals surface area contributed by atoms with E-state index >= 15 is 0 Å². The first kappa shape index (κ1) is 18.5. The summed E-state index contributed by atoms with van der Waals surface area (Å²) in [4.78, 5) is 28.3. The van der Waals surface area contributed by atoms with Crippen LogP contribution in [0, 0.1) is 6.92 Å². The molecule has 134 valence electrons. The molecule has 0 fully saturated rings. The van der Waals surface area contributed by atoms with Crippen LogP contribution in [0.1, 0.15) is 16.8 Å². The fraction of sp³-hybridized carbons (Fsp3) is 0.211. The summed E-state index contributed by atoms with van der Waals surface area (Å²) in [7, 11) is 0. The lowest BCUT2D eigenvalue weighted by Gasteiger charge is -2.07. The second-order valence-electron chi connectivity index (χ2n) is 5.80. The van der Waals surface area contributed by atoms with Crippen molar-refractivity contribution in [1.29, 1.82) is 0 Å². The molecule has 1 aromatic carbocycles. The smallest absolute Gasteiger partial charge is 0.316 e. The number of aromatic nitrogens is 2. The number of fused-ring (bicyclic) bond motifs is 1. The second-order valence-corrected chi connectivity index (χ2v) is 7.22. The molecule has 0 amide bonds. The Labute approximate surface area is 160 Å². The van der Waals surface area contributed by atoms with Crippen molar-refractivity contribution >= 4 is 35.0 Å². The molecule has 7 heteroatoms. The first-order valence-electron chi connectivity index (χ1n) is 7.98. The van der Waals surface area contributed by atoms with Crippen molar-refractivity contribution in [1.82, 2.24) is 9.38 Å². The van der Waals surface area contributed by atoms with Gasteiger partial charge in [-0.1, -0.05) is 29.8 Å².